The van der Waals surface area contributed by atoms with E-state index in [1.54, 1.807) is 6.07 Å². The fourth-order valence-corrected chi connectivity index (χ4v) is 1.09. The molecule has 0 aromatic heterocycles. The molecule has 0 fully saturated rings. The van der Waals surface area contributed by atoms with Crippen LogP contribution < -0.4 is 0 Å². The molecule has 1 aromatic carbocycles. The lowest BCUT2D eigenvalue weighted by atomic mass is 10.1. The maximum atomic E-state index is 10.8. The van der Waals surface area contributed by atoms with Gasteiger partial charge in [0.2, 0.25) is 0 Å². The topological polar surface area (TPSA) is 69.4 Å². The Bertz CT molecular complexity index is 366. The Morgan fingerprint density at radius 1 is 1.57 bits per heavy atom. The van der Waals surface area contributed by atoms with Crippen LogP contribution >= 0.6 is 16.3 Å². The number of benzene rings is 1. The van der Waals surface area contributed by atoms with Crippen LogP contribution in [-0.2, 0) is 15.0 Å². The highest BCUT2D eigenvalue weighted by molar-refractivity contribution is 9.06. The van der Waals surface area contributed by atoms with Crippen molar-refractivity contribution < 1.29 is 13.5 Å². The number of rotatable bonds is 3. The Labute approximate surface area is 88.3 Å². The zero-order valence-corrected chi connectivity index (χ0v) is 8.56. The van der Waals surface area contributed by atoms with Crippen molar-refractivity contribution in [2.45, 2.75) is 6.42 Å². The minimum atomic E-state index is -0.511. The minimum absolute atomic E-state index is 0.00687. The zero-order chi connectivity index (χ0) is 10.6. The fourth-order valence-electron chi connectivity index (χ4n) is 0.974. The third-order valence-corrected chi connectivity index (χ3v) is 1.92. The van der Waals surface area contributed by atoms with E-state index in [1.807, 2.05) is 0 Å². The maximum absolute atomic E-state index is 10.8. The summed E-state index contributed by atoms with van der Waals surface area (Å²) >= 11 is 2.54. The SMILES string of the molecule is O=C(Cc1cccc([N+](=O)[O-])c1)OBr. The summed E-state index contributed by atoms with van der Waals surface area (Å²) in [7, 11) is 0. The molecule has 0 aliphatic heterocycles. The molecule has 0 aliphatic rings. The fraction of sp³-hybridized carbons (Fsp3) is 0.125. The van der Waals surface area contributed by atoms with Crippen LogP contribution in [0.25, 0.3) is 0 Å². The van der Waals surface area contributed by atoms with Crippen molar-refractivity contribution in [3.63, 3.8) is 0 Å². The minimum Gasteiger partial charge on any atom is -0.383 e. The number of carbonyl (C=O) groups excluding carboxylic acids is 1. The Morgan fingerprint density at radius 3 is 2.86 bits per heavy atom. The first kappa shape index (κ1) is 10.6. The van der Waals surface area contributed by atoms with Crippen LogP contribution in [0.4, 0.5) is 5.69 Å². The average Bonchev–Trinajstić information content (AvgIpc) is 2.18. The number of non-ortho nitro benzene ring substituents is 1. The Hall–Kier alpha value is -1.43. The predicted octanol–water partition coefficient (Wildman–Crippen LogP) is 1.99. The van der Waals surface area contributed by atoms with Crippen molar-refractivity contribution in [3.8, 4) is 0 Å². The van der Waals surface area contributed by atoms with Crippen molar-refractivity contribution in [1.82, 2.24) is 0 Å². The summed E-state index contributed by atoms with van der Waals surface area (Å²) in [5.41, 5.74) is 0.508. The normalized spacial score (nSPS) is 9.50. The summed E-state index contributed by atoms with van der Waals surface area (Å²) in [5, 5.41) is 10.4. The van der Waals surface area contributed by atoms with E-state index in [1.165, 1.54) is 18.2 Å². The van der Waals surface area contributed by atoms with Gasteiger partial charge in [-0.3, -0.25) is 14.9 Å². The van der Waals surface area contributed by atoms with Gasteiger partial charge in [-0.05, 0) is 5.56 Å². The standard InChI is InChI=1S/C8H6BrNO4/c9-14-8(11)5-6-2-1-3-7(4-6)10(12)13/h1-4H,5H2. The number of hydrogen-bond donors (Lipinski definition) is 0. The van der Waals surface area contributed by atoms with Gasteiger partial charge in [-0.2, -0.15) is 0 Å². The van der Waals surface area contributed by atoms with Gasteiger partial charge in [0.15, 0.2) is 16.3 Å². The second-order valence-corrected chi connectivity index (χ2v) is 2.88. The Morgan fingerprint density at radius 2 is 2.29 bits per heavy atom. The van der Waals surface area contributed by atoms with Gasteiger partial charge in [-0.25, -0.2) is 0 Å². The predicted molar refractivity (Wildman–Crippen MR) is 51.8 cm³/mol. The van der Waals surface area contributed by atoms with E-state index in [2.05, 4.69) is 20.1 Å². The molecule has 0 N–H and O–H groups in total. The summed E-state index contributed by atoms with van der Waals surface area (Å²) < 4.78 is 4.26. The molecule has 0 aliphatic carbocycles. The van der Waals surface area contributed by atoms with E-state index >= 15 is 0 Å². The molecule has 6 heteroatoms. The highest BCUT2D eigenvalue weighted by Gasteiger charge is 2.08. The summed E-state index contributed by atoms with van der Waals surface area (Å²) in [6, 6.07) is 5.85. The molecule has 1 rings (SSSR count). The highest BCUT2D eigenvalue weighted by atomic mass is 79.9. The second kappa shape index (κ2) is 4.71. The first-order valence-corrected chi connectivity index (χ1v) is 4.33. The van der Waals surface area contributed by atoms with E-state index in [-0.39, 0.29) is 12.1 Å². The molecular weight excluding hydrogens is 254 g/mol. The van der Waals surface area contributed by atoms with Crippen molar-refractivity contribution in [2.24, 2.45) is 0 Å². The molecule has 0 atom stereocenters. The van der Waals surface area contributed by atoms with E-state index < -0.39 is 10.9 Å². The van der Waals surface area contributed by atoms with Crippen molar-refractivity contribution in [1.29, 1.82) is 0 Å². The Kier molecular flexibility index (Phi) is 3.58. The number of halogens is 1. The van der Waals surface area contributed by atoms with Gasteiger partial charge >= 0.3 is 5.97 Å². The molecule has 0 amide bonds. The van der Waals surface area contributed by atoms with Gasteiger partial charge in [0, 0.05) is 12.1 Å². The van der Waals surface area contributed by atoms with Crippen LogP contribution in [0.2, 0.25) is 0 Å². The van der Waals surface area contributed by atoms with Crippen molar-refractivity contribution in [3.05, 3.63) is 39.9 Å². The van der Waals surface area contributed by atoms with Gasteiger partial charge < -0.3 is 3.83 Å². The molecule has 0 spiro atoms. The number of hydrogen-bond acceptors (Lipinski definition) is 4. The number of nitro groups is 1. The van der Waals surface area contributed by atoms with Crippen molar-refractivity contribution in [2.75, 3.05) is 0 Å². The summed E-state index contributed by atoms with van der Waals surface area (Å²) in [6.45, 7) is 0. The van der Waals surface area contributed by atoms with E-state index in [4.69, 9.17) is 0 Å². The van der Waals surface area contributed by atoms with Gasteiger partial charge in [0.1, 0.15) is 0 Å². The highest BCUT2D eigenvalue weighted by Crippen LogP contribution is 2.13. The molecule has 0 bridgehead atoms. The third-order valence-electron chi connectivity index (χ3n) is 1.56. The maximum Gasteiger partial charge on any atom is 0.321 e. The van der Waals surface area contributed by atoms with Crippen LogP contribution in [-0.4, -0.2) is 10.9 Å². The van der Waals surface area contributed by atoms with Gasteiger partial charge in [0.05, 0.1) is 11.3 Å². The molecule has 1 aromatic rings. The smallest absolute Gasteiger partial charge is 0.321 e. The van der Waals surface area contributed by atoms with Crippen LogP contribution in [0.1, 0.15) is 5.56 Å². The molecular formula is C8H6BrNO4. The first-order valence-electron chi connectivity index (χ1n) is 3.68. The summed E-state index contributed by atoms with van der Waals surface area (Å²) in [5.74, 6) is -0.495. The second-order valence-electron chi connectivity index (χ2n) is 2.55. The largest absolute Gasteiger partial charge is 0.383 e. The summed E-state index contributed by atoms with van der Waals surface area (Å²) in [4.78, 5) is 20.7. The lowest BCUT2D eigenvalue weighted by Gasteiger charge is -1.97. The van der Waals surface area contributed by atoms with Gasteiger partial charge in [-0.1, -0.05) is 12.1 Å². The molecule has 0 saturated carbocycles. The lowest BCUT2D eigenvalue weighted by Crippen LogP contribution is -2.01. The first-order chi connectivity index (χ1) is 6.63. The van der Waals surface area contributed by atoms with E-state index in [0.29, 0.717) is 5.56 Å². The lowest BCUT2D eigenvalue weighted by molar-refractivity contribution is -0.384. The molecule has 74 valence electrons. The van der Waals surface area contributed by atoms with Crippen LogP contribution in [0, 0.1) is 10.1 Å². The molecule has 0 heterocycles. The van der Waals surface area contributed by atoms with Gasteiger partial charge in [0.25, 0.3) is 5.69 Å². The number of nitrogens with zero attached hydrogens (tertiary/aromatic N) is 1. The Balaban J connectivity index is 2.83. The molecule has 0 saturated heterocycles. The molecule has 0 radical (unpaired) electrons. The van der Waals surface area contributed by atoms with Crippen LogP contribution in [0.15, 0.2) is 24.3 Å². The number of nitro benzene ring substituents is 1. The summed E-state index contributed by atoms with van der Waals surface area (Å²) in [6.07, 6.45) is 0.00687. The van der Waals surface area contributed by atoms with Crippen molar-refractivity contribution >= 4 is 27.9 Å². The van der Waals surface area contributed by atoms with E-state index in [9.17, 15) is 14.9 Å². The molecule has 5 nitrogen and oxygen atoms in total. The molecule has 14 heavy (non-hydrogen) atoms. The molecule has 0 unspecified atom stereocenters. The number of carbonyl (C=O) groups is 1. The van der Waals surface area contributed by atoms with Crippen LogP contribution in [0.5, 0.6) is 0 Å². The van der Waals surface area contributed by atoms with Gasteiger partial charge in [-0.15, -0.1) is 0 Å². The third kappa shape index (κ3) is 2.81. The van der Waals surface area contributed by atoms with E-state index in [0.717, 1.165) is 0 Å². The zero-order valence-electron chi connectivity index (χ0n) is 6.97. The average molecular weight is 260 g/mol. The van der Waals surface area contributed by atoms with Crippen LogP contribution in [0.3, 0.4) is 0 Å². The quantitative estimate of drug-likeness (QED) is 0.615. The monoisotopic (exact) mass is 259 g/mol.